The minimum absolute atomic E-state index is 0.0367. The van der Waals surface area contributed by atoms with Gasteiger partial charge in [0.15, 0.2) is 5.78 Å². The van der Waals surface area contributed by atoms with E-state index in [9.17, 15) is 13.2 Å². The summed E-state index contributed by atoms with van der Waals surface area (Å²) in [5, 5.41) is 0. The van der Waals surface area contributed by atoms with Crippen LogP contribution in [0.3, 0.4) is 0 Å². The molecule has 0 spiro atoms. The van der Waals surface area contributed by atoms with Crippen LogP contribution in [0, 0.1) is 6.92 Å². The van der Waals surface area contributed by atoms with Crippen molar-refractivity contribution in [2.45, 2.75) is 31.6 Å². The van der Waals surface area contributed by atoms with E-state index in [1.165, 1.54) is 12.4 Å². The molecule has 0 saturated heterocycles. The number of hydrogen-bond donors (Lipinski definition) is 0. The van der Waals surface area contributed by atoms with Gasteiger partial charge in [0.1, 0.15) is 0 Å². The van der Waals surface area contributed by atoms with Crippen molar-refractivity contribution >= 4 is 15.8 Å². The molecule has 0 aliphatic rings. The van der Waals surface area contributed by atoms with Crippen molar-refractivity contribution in [3.05, 3.63) is 53.9 Å². The molecular weight excluding hydrogens is 274 g/mol. The molecule has 1 aromatic carbocycles. The highest BCUT2D eigenvalue weighted by Gasteiger charge is 2.17. The first kappa shape index (κ1) is 14.5. The molecule has 1 aromatic heterocycles. The number of carbonyl (C=O) groups is 1. The molecule has 5 heteroatoms. The standard InChI is InChI=1S/C15H17NO3S/c1-3-4-15(17)13-9-10-16(11-13)20(18,19)14-7-5-12(2)6-8-14/h5-11H,3-4H2,1-2H3. The summed E-state index contributed by atoms with van der Waals surface area (Å²) in [7, 11) is -3.62. The largest absolute Gasteiger partial charge is 0.294 e. The van der Waals surface area contributed by atoms with Gasteiger partial charge in [-0.25, -0.2) is 12.4 Å². The average Bonchev–Trinajstić information content (AvgIpc) is 2.90. The summed E-state index contributed by atoms with van der Waals surface area (Å²) in [5.74, 6) is -0.0367. The number of rotatable bonds is 5. The van der Waals surface area contributed by atoms with Gasteiger partial charge >= 0.3 is 0 Å². The predicted octanol–water partition coefficient (Wildman–Crippen LogP) is 3.02. The number of carbonyl (C=O) groups excluding carboxylic acids is 1. The molecule has 0 unspecified atom stereocenters. The predicted molar refractivity (Wildman–Crippen MR) is 77.4 cm³/mol. The normalized spacial score (nSPS) is 11.5. The van der Waals surface area contributed by atoms with Crippen molar-refractivity contribution in [1.29, 1.82) is 0 Å². The zero-order valence-electron chi connectivity index (χ0n) is 11.5. The Morgan fingerprint density at radius 2 is 1.80 bits per heavy atom. The first-order valence-corrected chi connectivity index (χ1v) is 7.92. The number of aromatic nitrogens is 1. The lowest BCUT2D eigenvalue weighted by Crippen LogP contribution is -2.11. The molecule has 0 fully saturated rings. The topological polar surface area (TPSA) is 56.1 Å². The van der Waals surface area contributed by atoms with E-state index in [0.29, 0.717) is 12.0 Å². The Morgan fingerprint density at radius 1 is 1.15 bits per heavy atom. The number of nitrogens with zero attached hydrogens (tertiary/aromatic N) is 1. The quantitative estimate of drug-likeness (QED) is 0.796. The fourth-order valence-corrected chi connectivity index (χ4v) is 3.09. The fraction of sp³-hybridized carbons (Fsp3) is 0.267. The molecule has 2 aromatic rings. The lowest BCUT2D eigenvalue weighted by Gasteiger charge is -2.05. The molecule has 0 atom stereocenters. The summed E-state index contributed by atoms with van der Waals surface area (Å²) < 4.78 is 25.9. The van der Waals surface area contributed by atoms with Gasteiger partial charge in [-0.15, -0.1) is 0 Å². The second-order valence-corrected chi connectivity index (χ2v) is 6.56. The van der Waals surface area contributed by atoms with E-state index in [1.807, 2.05) is 13.8 Å². The average molecular weight is 291 g/mol. The number of Topliss-reactive ketones (excluding diaryl/α,β-unsaturated/α-hetero) is 1. The molecule has 0 N–H and O–H groups in total. The highest BCUT2D eigenvalue weighted by molar-refractivity contribution is 7.90. The van der Waals surface area contributed by atoms with E-state index in [0.717, 1.165) is 16.0 Å². The van der Waals surface area contributed by atoms with Gasteiger partial charge in [-0.1, -0.05) is 24.6 Å². The Hall–Kier alpha value is -1.88. The maximum atomic E-state index is 12.4. The summed E-state index contributed by atoms with van der Waals surface area (Å²) in [5.41, 5.74) is 1.43. The molecule has 0 bridgehead atoms. The van der Waals surface area contributed by atoms with Gasteiger partial charge in [0, 0.05) is 24.4 Å². The first-order chi connectivity index (χ1) is 9.45. The lowest BCUT2D eigenvalue weighted by molar-refractivity contribution is 0.0982. The van der Waals surface area contributed by atoms with E-state index >= 15 is 0 Å². The zero-order valence-corrected chi connectivity index (χ0v) is 12.4. The molecule has 0 aliphatic heterocycles. The van der Waals surface area contributed by atoms with Crippen LogP contribution in [0.15, 0.2) is 47.6 Å². The van der Waals surface area contributed by atoms with Gasteiger partial charge in [0.25, 0.3) is 10.0 Å². The number of ketones is 1. The molecule has 0 radical (unpaired) electrons. The Bertz CT molecular complexity index is 712. The lowest BCUT2D eigenvalue weighted by atomic mass is 10.1. The van der Waals surface area contributed by atoms with Crippen molar-refractivity contribution in [2.24, 2.45) is 0 Å². The van der Waals surface area contributed by atoms with E-state index in [1.54, 1.807) is 30.3 Å². The molecule has 0 aliphatic carbocycles. The summed E-state index contributed by atoms with van der Waals surface area (Å²) in [6.07, 6.45) is 3.97. The third-order valence-corrected chi connectivity index (χ3v) is 4.71. The van der Waals surface area contributed by atoms with Crippen molar-refractivity contribution in [2.75, 3.05) is 0 Å². The van der Waals surface area contributed by atoms with E-state index in [4.69, 9.17) is 0 Å². The van der Waals surface area contributed by atoms with Gasteiger partial charge in [0.2, 0.25) is 0 Å². The molecular formula is C15H17NO3S. The Morgan fingerprint density at radius 3 is 2.40 bits per heavy atom. The van der Waals surface area contributed by atoms with Crippen LogP contribution in [-0.4, -0.2) is 18.2 Å². The number of hydrogen-bond acceptors (Lipinski definition) is 3. The SMILES string of the molecule is CCCC(=O)c1ccn(S(=O)(=O)c2ccc(C)cc2)c1. The van der Waals surface area contributed by atoms with Crippen molar-refractivity contribution in [3.8, 4) is 0 Å². The molecule has 106 valence electrons. The molecule has 20 heavy (non-hydrogen) atoms. The van der Waals surface area contributed by atoms with Crippen molar-refractivity contribution in [3.63, 3.8) is 0 Å². The highest BCUT2D eigenvalue weighted by atomic mass is 32.2. The van der Waals surface area contributed by atoms with Crippen molar-refractivity contribution < 1.29 is 13.2 Å². The third-order valence-electron chi connectivity index (χ3n) is 3.06. The second-order valence-electron chi connectivity index (χ2n) is 4.72. The minimum atomic E-state index is -3.62. The maximum absolute atomic E-state index is 12.4. The zero-order chi connectivity index (χ0) is 14.8. The van der Waals surface area contributed by atoms with Crippen LogP contribution in [-0.2, 0) is 10.0 Å². The van der Waals surface area contributed by atoms with Gasteiger partial charge < -0.3 is 0 Å². The van der Waals surface area contributed by atoms with E-state index in [-0.39, 0.29) is 10.7 Å². The van der Waals surface area contributed by atoms with Crippen LogP contribution in [0.1, 0.15) is 35.7 Å². The molecule has 0 amide bonds. The number of benzene rings is 1. The molecule has 4 nitrogen and oxygen atoms in total. The Balaban J connectivity index is 2.35. The second kappa shape index (κ2) is 5.63. The van der Waals surface area contributed by atoms with Crippen molar-refractivity contribution in [1.82, 2.24) is 3.97 Å². The van der Waals surface area contributed by atoms with Crippen LogP contribution in [0.2, 0.25) is 0 Å². The van der Waals surface area contributed by atoms with E-state index in [2.05, 4.69) is 0 Å². The summed E-state index contributed by atoms with van der Waals surface area (Å²) in [6.45, 7) is 3.81. The van der Waals surface area contributed by atoms with Gasteiger partial charge in [-0.2, -0.15) is 0 Å². The third kappa shape index (κ3) is 2.82. The Kier molecular flexibility index (Phi) is 4.09. The summed E-state index contributed by atoms with van der Waals surface area (Å²) in [4.78, 5) is 12.0. The summed E-state index contributed by atoms with van der Waals surface area (Å²) in [6, 6.07) is 8.18. The first-order valence-electron chi connectivity index (χ1n) is 6.48. The van der Waals surface area contributed by atoms with Crippen LogP contribution in [0.4, 0.5) is 0 Å². The monoisotopic (exact) mass is 291 g/mol. The summed E-state index contributed by atoms with van der Waals surface area (Å²) >= 11 is 0. The van der Waals surface area contributed by atoms with E-state index < -0.39 is 10.0 Å². The molecule has 1 heterocycles. The molecule has 2 rings (SSSR count). The van der Waals surface area contributed by atoms with Gasteiger partial charge in [0.05, 0.1) is 4.90 Å². The van der Waals surface area contributed by atoms with Crippen LogP contribution >= 0.6 is 0 Å². The number of aryl methyl sites for hydroxylation is 1. The van der Waals surface area contributed by atoms with Crippen LogP contribution in [0.25, 0.3) is 0 Å². The minimum Gasteiger partial charge on any atom is -0.294 e. The molecule has 0 saturated carbocycles. The van der Waals surface area contributed by atoms with Gasteiger partial charge in [-0.05, 0) is 31.5 Å². The van der Waals surface area contributed by atoms with Crippen LogP contribution in [0.5, 0.6) is 0 Å². The maximum Gasteiger partial charge on any atom is 0.267 e. The fourth-order valence-electron chi connectivity index (χ4n) is 1.89. The van der Waals surface area contributed by atoms with Gasteiger partial charge in [-0.3, -0.25) is 4.79 Å². The Labute approximate surface area is 119 Å². The highest BCUT2D eigenvalue weighted by Crippen LogP contribution is 2.16. The smallest absolute Gasteiger partial charge is 0.267 e. The van der Waals surface area contributed by atoms with Crippen LogP contribution < -0.4 is 0 Å².